The fraction of sp³-hybridized carbons (Fsp3) is 1.00. The summed E-state index contributed by atoms with van der Waals surface area (Å²) in [6.07, 6.45) is 1.17. The summed E-state index contributed by atoms with van der Waals surface area (Å²) in [6, 6.07) is 0.884. The van der Waals surface area contributed by atoms with E-state index in [2.05, 4.69) is 19.2 Å². The van der Waals surface area contributed by atoms with Gasteiger partial charge < -0.3 is 11.1 Å². The molecule has 54 valence electrons. The van der Waals surface area contributed by atoms with Crippen LogP contribution in [-0.4, -0.2) is 18.6 Å². The summed E-state index contributed by atoms with van der Waals surface area (Å²) in [5.41, 5.74) is 5.81. The van der Waals surface area contributed by atoms with E-state index in [4.69, 9.17) is 5.73 Å². The normalized spacial score (nSPS) is 45.0. The summed E-state index contributed by atoms with van der Waals surface area (Å²) in [7, 11) is 0. The Morgan fingerprint density at radius 3 is 2.56 bits per heavy atom. The molecule has 0 spiro atoms. The first-order valence-electron chi connectivity index (χ1n) is 3.69. The molecule has 1 saturated heterocycles. The quantitative estimate of drug-likeness (QED) is 0.493. The number of nitrogens with one attached hydrogen (secondary N) is 1. The molecule has 0 aromatic carbocycles. The van der Waals surface area contributed by atoms with Crippen molar-refractivity contribution < 1.29 is 0 Å². The SMILES string of the molecule is CC1CNC(C)C(N)C1. The van der Waals surface area contributed by atoms with Gasteiger partial charge in [0.1, 0.15) is 0 Å². The van der Waals surface area contributed by atoms with Gasteiger partial charge in [0.05, 0.1) is 0 Å². The Labute approximate surface area is 56.8 Å². The molecule has 2 heteroatoms. The van der Waals surface area contributed by atoms with E-state index in [9.17, 15) is 0 Å². The highest BCUT2D eigenvalue weighted by atomic mass is 15.0. The van der Waals surface area contributed by atoms with Crippen LogP contribution in [-0.2, 0) is 0 Å². The fourth-order valence-corrected chi connectivity index (χ4v) is 1.29. The Hall–Kier alpha value is -0.0800. The predicted octanol–water partition coefficient (Wildman–Crippen LogP) is 0.332. The Bertz CT molecular complexity index is 92.9. The van der Waals surface area contributed by atoms with Crippen molar-refractivity contribution in [3.63, 3.8) is 0 Å². The maximum Gasteiger partial charge on any atom is 0.0194 e. The minimum Gasteiger partial charge on any atom is -0.326 e. The molecule has 0 aromatic rings. The molecule has 0 saturated carbocycles. The zero-order valence-electron chi connectivity index (χ0n) is 6.22. The molecule has 9 heavy (non-hydrogen) atoms. The summed E-state index contributed by atoms with van der Waals surface area (Å²) in [5, 5.41) is 3.36. The second-order valence-corrected chi connectivity index (χ2v) is 3.20. The van der Waals surface area contributed by atoms with Crippen molar-refractivity contribution >= 4 is 0 Å². The van der Waals surface area contributed by atoms with Crippen LogP contribution in [0, 0.1) is 5.92 Å². The Morgan fingerprint density at radius 1 is 1.44 bits per heavy atom. The lowest BCUT2D eigenvalue weighted by atomic mass is 9.93. The van der Waals surface area contributed by atoms with E-state index >= 15 is 0 Å². The van der Waals surface area contributed by atoms with Gasteiger partial charge in [-0.05, 0) is 25.8 Å². The van der Waals surface area contributed by atoms with Gasteiger partial charge in [0, 0.05) is 12.1 Å². The molecule has 0 amide bonds. The van der Waals surface area contributed by atoms with Gasteiger partial charge in [-0.1, -0.05) is 6.92 Å². The molecule has 3 unspecified atom stereocenters. The van der Waals surface area contributed by atoms with Crippen LogP contribution >= 0.6 is 0 Å². The standard InChI is InChI=1S/C7H16N2/c1-5-3-7(8)6(2)9-4-5/h5-7,9H,3-4,8H2,1-2H3. The van der Waals surface area contributed by atoms with E-state index in [1.54, 1.807) is 0 Å². The van der Waals surface area contributed by atoms with Gasteiger partial charge in [-0.25, -0.2) is 0 Å². The van der Waals surface area contributed by atoms with Crippen molar-refractivity contribution in [2.45, 2.75) is 32.4 Å². The average Bonchev–Trinajstić information content (AvgIpc) is 1.80. The van der Waals surface area contributed by atoms with E-state index in [0.717, 1.165) is 12.5 Å². The minimum atomic E-state index is 0.369. The van der Waals surface area contributed by atoms with Crippen molar-refractivity contribution in [3.05, 3.63) is 0 Å². The van der Waals surface area contributed by atoms with Crippen LogP contribution in [0.15, 0.2) is 0 Å². The minimum absolute atomic E-state index is 0.369. The van der Waals surface area contributed by atoms with Crippen molar-refractivity contribution in [3.8, 4) is 0 Å². The Balaban J connectivity index is 2.35. The molecule has 0 bridgehead atoms. The van der Waals surface area contributed by atoms with E-state index in [-0.39, 0.29) is 0 Å². The van der Waals surface area contributed by atoms with Crippen LogP contribution in [0.4, 0.5) is 0 Å². The number of hydrogen-bond acceptors (Lipinski definition) is 2. The maximum atomic E-state index is 5.81. The molecule has 2 nitrogen and oxygen atoms in total. The monoisotopic (exact) mass is 128 g/mol. The van der Waals surface area contributed by atoms with E-state index in [1.807, 2.05) is 0 Å². The molecular formula is C7H16N2. The second kappa shape index (κ2) is 2.67. The average molecular weight is 128 g/mol. The molecule has 0 radical (unpaired) electrons. The van der Waals surface area contributed by atoms with Crippen LogP contribution in [0.5, 0.6) is 0 Å². The van der Waals surface area contributed by atoms with Gasteiger partial charge in [0.15, 0.2) is 0 Å². The van der Waals surface area contributed by atoms with Crippen molar-refractivity contribution in [1.82, 2.24) is 5.32 Å². The van der Waals surface area contributed by atoms with Gasteiger partial charge in [-0.15, -0.1) is 0 Å². The van der Waals surface area contributed by atoms with Gasteiger partial charge >= 0.3 is 0 Å². The van der Waals surface area contributed by atoms with Gasteiger partial charge in [0.2, 0.25) is 0 Å². The predicted molar refractivity (Wildman–Crippen MR) is 39.2 cm³/mol. The van der Waals surface area contributed by atoms with Crippen molar-refractivity contribution in [2.75, 3.05) is 6.54 Å². The zero-order valence-corrected chi connectivity index (χ0v) is 6.22. The molecular weight excluding hydrogens is 112 g/mol. The number of nitrogens with two attached hydrogens (primary N) is 1. The van der Waals surface area contributed by atoms with Gasteiger partial charge in [-0.3, -0.25) is 0 Å². The van der Waals surface area contributed by atoms with Crippen molar-refractivity contribution in [1.29, 1.82) is 0 Å². The van der Waals surface area contributed by atoms with Crippen molar-refractivity contribution in [2.24, 2.45) is 11.7 Å². The lowest BCUT2D eigenvalue weighted by molar-refractivity contribution is 0.301. The number of rotatable bonds is 0. The first-order chi connectivity index (χ1) is 4.20. The smallest absolute Gasteiger partial charge is 0.0194 e. The molecule has 1 fully saturated rings. The maximum absolute atomic E-state index is 5.81. The molecule has 3 atom stereocenters. The first kappa shape index (κ1) is 7.03. The summed E-state index contributed by atoms with van der Waals surface area (Å²) in [4.78, 5) is 0. The molecule has 1 aliphatic heterocycles. The topological polar surface area (TPSA) is 38.0 Å². The van der Waals surface area contributed by atoms with E-state index in [1.165, 1.54) is 6.42 Å². The van der Waals surface area contributed by atoms with Gasteiger partial charge in [0.25, 0.3) is 0 Å². The number of piperidine rings is 1. The lowest BCUT2D eigenvalue weighted by Crippen LogP contribution is -2.50. The first-order valence-corrected chi connectivity index (χ1v) is 3.69. The van der Waals surface area contributed by atoms with E-state index < -0.39 is 0 Å². The third-order valence-electron chi connectivity index (χ3n) is 2.11. The molecule has 0 aliphatic carbocycles. The third-order valence-corrected chi connectivity index (χ3v) is 2.11. The molecule has 1 heterocycles. The number of hydrogen-bond donors (Lipinski definition) is 2. The molecule has 1 aliphatic rings. The van der Waals surface area contributed by atoms with Crippen LogP contribution in [0.3, 0.4) is 0 Å². The Morgan fingerprint density at radius 2 is 2.11 bits per heavy atom. The van der Waals surface area contributed by atoms with Gasteiger partial charge in [-0.2, -0.15) is 0 Å². The highest BCUT2D eigenvalue weighted by molar-refractivity contribution is 4.82. The van der Waals surface area contributed by atoms with Crippen LogP contribution < -0.4 is 11.1 Å². The summed E-state index contributed by atoms with van der Waals surface area (Å²) in [5.74, 6) is 0.760. The fourth-order valence-electron chi connectivity index (χ4n) is 1.29. The van der Waals surface area contributed by atoms with E-state index in [0.29, 0.717) is 12.1 Å². The van der Waals surface area contributed by atoms with Crippen LogP contribution in [0.2, 0.25) is 0 Å². The van der Waals surface area contributed by atoms with Crippen LogP contribution in [0.1, 0.15) is 20.3 Å². The highest BCUT2D eigenvalue weighted by Gasteiger charge is 2.20. The molecule has 1 rings (SSSR count). The molecule has 0 aromatic heterocycles. The summed E-state index contributed by atoms with van der Waals surface area (Å²) < 4.78 is 0. The highest BCUT2D eigenvalue weighted by Crippen LogP contribution is 2.11. The zero-order chi connectivity index (χ0) is 6.85. The molecule has 3 N–H and O–H groups in total. The Kier molecular flexibility index (Phi) is 2.09. The second-order valence-electron chi connectivity index (χ2n) is 3.20. The summed E-state index contributed by atoms with van der Waals surface area (Å²) in [6.45, 7) is 5.52. The third kappa shape index (κ3) is 1.66. The summed E-state index contributed by atoms with van der Waals surface area (Å²) >= 11 is 0. The van der Waals surface area contributed by atoms with Crippen LogP contribution in [0.25, 0.3) is 0 Å². The lowest BCUT2D eigenvalue weighted by Gasteiger charge is -2.30. The largest absolute Gasteiger partial charge is 0.326 e.